The van der Waals surface area contributed by atoms with Crippen molar-refractivity contribution in [3.05, 3.63) is 70.7 Å². The van der Waals surface area contributed by atoms with E-state index in [1.165, 1.54) is 6.07 Å². The number of aromatic nitrogens is 2. The zero-order valence-corrected chi connectivity index (χ0v) is 14.6. The summed E-state index contributed by atoms with van der Waals surface area (Å²) in [5, 5.41) is 0. The lowest BCUT2D eigenvalue weighted by Crippen LogP contribution is -2.08. The predicted molar refractivity (Wildman–Crippen MR) is 95.2 cm³/mol. The Morgan fingerprint density at radius 1 is 1.13 bits per heavy atom. The Balaban J connectivity index is 1.90. The van der Waals surface area contributed by atoms with Gasteiger partial charge in [0.25, 0.3) is 0 Å². The molecule has 0 radical (unpaired) electrons. The monoisotopic (exact) mass is 373 g/mol. The molecule has 0 bridgehead atoms. The molecule has 0 unspecified atom stereocenters. The maximum Gasteiger partial charge on any atom is 0.140 e. The zero-order valence-electron chi connectivity index (χ0n) is 13.0. The van der Waals surface area contributed by atoms with Gasteiger partial charge in [-0.1, -0.05) is 15.9 Å². The molecule has 1 aromatic heterocycles. The zero-order chi connectivity index (χ0) is 16.4. The second-order valence-corrected chi connectivity index (χ2v) is 6.51. The largest absolute Gasteiger partial charge is 0.378 e. The predicted octanol–water partition coefficient (Wildman–Crippen LogP) is 4.57. The molecule has 0 saturated heterocycles. The molecule has 5 heteroatoms. The minimum Gasteiger partial charge on any atom is -0.378 e. The fraction of sp³-hybridized carbons (Fsp3) is 0.167. The van der Waals surface area contributed by atoms with Gasteiger partial charge in [-0.05, 0) is 48.0 Å². The quantitative estimate of drug-likeness (QED) is 0.667. The first-order valence-electron chi connectivity index (χ1n) is 7.27. The van der Waals surface area contributed by atoms with Crippen LogP contribution in [0.4, 0.5) is 10.1 Å². The Kier molecular flexibility index (Phi) is 4.48. The lowest BCUT2D eigenvalue weighted by molar-refractivity contribution is 0.622. The summed E-state index contributed by atoms with van der Waals surface area (Å²) in [7, 11) is 4.02. The van der Waals surface area contributed by atoms with Gasteiger partial charge < -0.3 is 9.47 Å². The van der Waals surface area contributed by atoms with Crippen molar-refractivity contribution in [1.82, 2.24) is 9.55 Å². The summed E-state index contributed by atoms with van der Waals surface area (Å²) in [4.78, 5) is 6.50. The van der Waals surface area contributed by atoms with Crippen LogP contribution in [-0.2, 0) is 6.54 Å². The first-order valence-corrected chi connectivity index (χ1v) is 8.06. The molecule has 3 nitrogen and oxygen atoms in total. The number of nitrogens with zero attached hydrogens (tertiary/aromatic N) is 3. The van der Waals surface area contributed by atoms with E-state index in [2.05, 4.69) is 50.1 Å². The molecule has 0 spiro atoms. The highest BCUT2D eigenvalue weighted by molar-refractivity contribution is 9.10. The van der Waals surface area contributed by atoms with Gasteiger partial charge in [-0.2, -0.15) is 0 Å². The molecule has 0 N–H and O–H groups in total. The van der Waals surface area contributed by atoms with Gasteiger partial charge in [0, 0.05) is 48.8 Å². The molecule has 0 atom stereocenters. The summed E-state index contributed by atoms with van der Waals surface area (Å²) in [5.41, 5.74) is 3.07. The van der Waals surface area contributed by atoms with Crippen molar-refractivity contribution in [2.24, 2.45) is 0 Å². The molecule has 3 rings (SSSR count). The van der Waals surface area contributed by atoms with Crippen LogP contribution in [0, 0.1) is 5.82 Å². The maximum absolute atomic E-state index is 13.5. The van der Waals surface area contributed by atoms with Crippen molar-refractivity contribution >= 4 is 21.6 Å². The number of imidazole rings is 1. The van der Waals surface area contributed by atoms with Gasteiger partial charge in [0.1, 0.15) is 11.6 Å². The smallest absolute Gasteiger partial charge is 0.140 e. The van der Waals surface area contributed by atoms with Crippen LogP contribution in [0.1, 0.15) is 5.56 Å². The van der Waals surface area contributed by atoms with E-state index in [1.54, 1.807) is 12.3 Å². The summed E-state index contributed by atoms with van der Waals surface area (Å²) in [6, 6.07) is 13.1. The van der Waals surface area contributed by atoms with Crippen LogP contribution < -0.4 is 4.90 Å². The van der Waals surface area contributed by atoms with Crippen molar-refractivity contribution in [3.63, 3.8) is 0 Å². The van der Waals surface area contributed by atoms with Crippen molar-refractivity contribution in [2.75, 3.05) is 19.0 Å². The van der Waals surface area contributed by atoms with E-state index in [-0.39, 0.29) is 5.82 Å². The third kappa shape index (κ3) is 3.62. The summed E-state index contributed by atoms with van der Waals surface area (Å²) < 4.78 is 16.3. The number of hydrogen-bond donors (Lipinski definition) is 0. The van der Waals surface area contributed by atoms with Gasteiger partial charge in [-0.15, -0.1) is 0 Å². The first kappa shape index (κ1) is 15.7. The summed E-state index contributed by atoms with van der Waals surface area (Å²) in [6.45, 7) is 0.571. The second kappa shape index (κ2) is 6.54. The molecule has 118 valence electrons. The molecule has 2 aromatic carbocycles. The van der Waals surface area contributed by atoms with E-state index in [0.29, 0.717) is 6.54 Å². The maximum atomic E-state index is 13.5. The SMILES string of the molecule is CN(C)c1ccc(-c2nccn2Cc2cc(F)cc(Br)c2)cc1. The molecule has 0 aliphatic rings. The Bertz CT molecular complexity index is 789. The molecule has 23 heavy (non-hydrogen) atoms. The molecular weight excluding hydrogens is 357 g/mol. The summed E-state index contributed by atoms with van der Waals surface area (Å²) in [6.07, 6.45) is 3.68. The highest BCUT2D eigenvalue weighted by atomic mass is 79.9. The van der Waals surface area contributed by atoms with Crippen molar-refractivity contribution in [3.8, 4) is 11.4 Å². The van der Waals surface area contributed by atoms with Crippen LogP contribution >= 0.6 is 15.9 Å². The standard InChI is InChI=1S/C18H17BrFN3/c1-22(2)17-5-3-14(4-6-17)18-21-7-8-23(18)12-13-9-15(19)11-16(20)10-13/h3-11H,12H2,1-2H3. The van der Waals surface area contributed by atoms with Gasteiger partial charge in [-0.25, -0.2) is 9.37 Å². The van der Waals surface area contributed by atoms with E-state index in [1.807, 2.05) is 30.9 Å². The van der Waals surface area contributed by atoms with Gasteiger partial charge in [0.05, 0.1) is 0 Å². The average Bonchev–Trinajstić information content (AvgIpc) is 2.94. The third-order valence-corrected chi connectivity index (χ3v) is 4.09. The Morgan fingerprint density at radius 3 is 2.52 bits per heavy atom. The number of halogens is 2. The Morgan fingerprint density at radius 2 is 1.87 bits per heavy atom. The van der Waals surface area contributed by atoms with E-state index < -0.39 is 0 Å². The summed E-state index contributed by atoms with van der Waals surface area (Å²) >= 11 is 3.33. The normalized spacial score (nSPS) is 10.8. The molecule has 0 fully saturated rings. The minimum absolute atomic E-state index is 0.244. The number of hydrogen-bond acceptors (Lipinski definition) is 2. The van der Waals surface area contributed by atoms with Crippen LogP contribution in [0.2, 0.25) is 0 Å². The lowest BCUT2D eigenvalue weighted by Gasteiger charge is -2.13. The third-order valence-electron chi connectivity index (χ3n) is 3.63. The molecular formula is C18H17BrFN3. The minimum atomic E-state index is -0.244. The van der Waals surface area contributed by atoms with Crippen molar-refractivity contribution in [2.45, 2.75) is 6.54 Å². The highest BCUT2D eigenvalue weighted by Gasteiger charge is 2.08. The van der Waals surface area contributed by atoms with Crippen LogP contribution in [-0.4, -0.2) is 23.6 Å². The van der Waals surface area contributed by atoms with Gasteiger partial charge >= 0.3 is 0 Å². The van der Waals surface area contributed by atoms with Crippen LogP contribution in [0.5, 0.6) is 0 Å². The number of anilines is 1. The van der Waals surface area contributed by atoms with E-state index in [4.69, 9.17) is 0 Å². The summed E-state index contributed by atoms with van der Waals surface area (Å²) in [5.74, 6) is 0.627. The molecule has 0 aliphatic carbocycles. The number of benzene rings is 2. The molecule has 0 amide bonds. The van der Waals surface area contributed by atoms with E-state index in [0.717, 1.165) is 27.1 Å². The van der Waals surface area contributed by atoms with E-state index >= 15 is 0 Å². The van der Waals surface area contributed by atoms with Gasteiger partial charge in [0.15, 0.2) is 0 Å². The highest BCUT2D eigenvalue weighted by Crippen LogP contribution is 2.23. The molecule has 3 aromatic rings. The molecule has 0 aliphatic heterocycles. The average molecular weight is 374 g/mol. The van der Waals surface area contributed by atoms with E-state index in [9.17, 15) is 4.39 Å². The first-order chi connectivity index (χ1) is 11.0. The van der Waals surface area contributed by atoms with Crippen molar-refractivity contribution < 1.29 is 4.39 Å². The van der Waals surface area contributed by atoms with Crippen LogP contribution in [0.25, 0.3) is 11.4 Å². The van der Waals surface area contributed by atoms with Crippen molar-refractivity contribution in [1.29, 1.82) is 0 Å². The molecule has 1 heterocycles. The fourth-order valence-corrected chi connectivity index (χ4v) is 3.02. The Labute approximate surface area is 143 Å². The molecule has 0 saturated carbocycles. The topological polar surface area (TPSA) is 21.1 Å². The Hall–Kier alpha value is -2.14. The lowest BCUT2D eigenvalue weighted by atomic mass is 10.1. The van der Waals surface area contributed by atoms with Crippen LogP contribution in [0.15, 0.2) is 59.3 Å². The fourth-order valence-electron chi connectivity index (χ4n) is 2.50. The van der Waals surface area contributed by atoms with Crippen LogP contribution in [0.3, 0.4) is 0 Å². The second-order valence-electron chi connectivity index (χ2n) is 5.60. The number of rotatable bonds is 4. The van der Waals surface area contributed by atoms with Gasteiger partial charge in [-0.3, -0.25) is 0 Å². The van der Waals surface area contributed by atoms with Gasteiger partial charge in [0.2, 0.25) is 0 Å².